The maximum atomic E-state index is 12.4. The summed E-state index contributed by atoms with van der Waals surface area (Å²) < 4.78 is 1.92. The molecule has 1 aromatic heterocycles. The fourth-order valence-electron chi connectivity index (χ4n) is 2.72. The summed E-state index contributed by atoms with van der Waals surface area (Å²) in [5, 5.41) is 22.8. The van der Waals surface area contributed by atoms with E-state index in [-0.39, 0.29) is 28.1 Å². The Labute approximate surface area is 198 Å². The average Bonchev–Trinajstić information content (AvgIpc) is 3.16. The Bertz CT molecular complexity index is 1110. The third kappa shape index (κ3) is 6.59. The van der Waals surface area contributed by atoms with E-state index in [1.807, 2.05) is 22.8 Å². The highest BCUT2D eigenvalue weighted by Crippen LogP contribution is 2.27. The minimum Gasteiger partial charge on any atom is -0.324 e. The molecule has 0 unspecified atom stereocenters. The number of allylic oxidation sites excluding steroid dienone is 1. The van der Waals surface area contributed by atoms with Crippen LogP contribution in [-0.4, -0.2) is 31.3 Å². The van der Waals surface area contributed by atoms with E-state index in [1.165, 1.54) is 35.5 Å². The van der Waals surface area contributed by atoms with Gasteiger partial charge in [0.1, 0.15) is 5.82 Å². The Morgan fingerprint density at radius 2 is 2.00 bits per heavy atom. The highest BCUT2D eigenvalue weighted by molar-refractivity contribution is 7.99. The van der Waals surface area contributed by atoms with Crippen molar-refractivity contribution >= 4 is 52.4 Å². The van der Waals surface area contributed by atoms with Crippen LogP contribution in [0.2, 0.25) is 5.02 Å². The molecule has 166 valence electrons. The number of nitrogens with zero attached hydrogens (tertiary/aromatic N) is 4. The zero-order chi connectivity index (χ0) is 22.9. The fourth-order valence-corrected chi connectivity index (χ4v) is 4.58. The largest absolute Gasteiger partial charge is 0.324 e. The van der Waals surface area contributed by atoms with Crippen LogP contribution < -0.4 is 5.32 Å². The van der Waals surface area contributed by atoms with Gasteiger partial charge >= 0.3 is 0 Å². The lowest BCUT2D eigenvalue weighted by Gasteiger charge is -2.09. The first-order valence-electron chi connectivity index (χ1n) is 9.49. The molecular weight excluding hydrogens is 470 g/mol. The number of carbonyl (C=O) groups excluding carboxylic acids is 1. The smallest absolute Gasteiger partial charge is 0.271 e. The predicted molar refractivity (Wildman–Crippen MR) is 129 cm³/mol. The molecule has 0 saturated heterocycles. The van der Waals surface area contributed by atoms with Gasteiger partial charge in [0.25, 0.3) is 5.69 Å². The number of hydrogen-bond acceptors (Lipinski definition) is 7. The summed E-state index contributed by atoms with van der Waals surface area (Å²) in [6.45, 7) is 4.31. The zero-order valence-electron chi connectivity index (χ0n) is 16.9. The number of nitro benzene ring substituents is 1. The summed E-state index contributed by atoms with van der Waals surface area (Å²) in [4.78, 5) is 22.8. The van der Waals surface area contributed by atoms with Gasteiger partial charge in [0.05, 0.1) is 27.1 Å². The molecule has 0 bridgehead atoms. The maximum Gasteiger partial charge on any atom is 0.271 e. The van der Waals surface area contributed by atoms with Crippen molar-refractivity contribution < 1.29 is 9.72 Å². The van der Waals surface area contributed by atoms with E-state index in [1.54, 1.807) is 17.8 Å². The summed E-state index contributed by atoms with van der Waals surface area (Å²) in [6, 6.07) is 14.1. The van der Waals surface area contributed by atoms with Crippen molar-refractivity contribution in [1.82, 2.24) is 14.8 Å². The van der Waals surface area contributed by atoms with E-state index in [0.29, 0.717) is 17.5 Å². The number of amides is 1. The topological polar surface area (TPSA) is 103 Å². The number of non-ortho nitro benzene ring substituents is 1. The van der Waals surface area contributed by atoms with E-state index >= 15 is 0 Å². The third-order valence-electron chi connectivity index (χ3n) is 4.22. The number of nitrogens with one attached hydrogen (secondary N) is 1. The highest BCUT2D eigenvalue weighted by atomic mass is 35.5. The number of halogens is 1. The highest BCUT2D eigenvalue weighted by Gasteiger charge is 2.16. The van der Waals surface area contributed by atoms with Crippen molar-refractivity contribution in [2.75, 3.05) is 11.1 Å². The number of carbonyl (C=O) groups is 1. The van der Waals surface area contributed by atoms with E-state index in [9.17, 15) is 14.9 Å². The molecule has 0 aliphatic rings. The van der Waals surface area contributed by atoms with Crippen molar-refractivity contribution in [1.29, 1.82) is 0 Å². The second kappa shape index (κ2) is 11.7. The van der Waals surface area contributed by atoms with Crippen LogP contribution in [0, 0.1) is 10.1 Å². The van der Waals surface area contributed by atoms with Crippen LogP contribution in [-0.2, 0) is 22.8 Å². The maximum absolute atomic E-state index is 12.4. The van der Waals surface area contributed by atoms with Crippen LogP contribution in [0.25, 0.3) is 0 Å². The summed E-state index contributed by atoms with van der Waals surface area (Å²) in [5.41, 5.74) is 1.27. The summed E-state index contributed by atoms with van der Waals surface area (Å²) in [5.74, 6) is 2.02. The normalized spacial score (nSPS) is 10.7. The Kier molecular flexibility index (Phi) is 8.72. The van der Waals surface area contributed by atoms with E-state index < -0.39 is 4.92 Å². The van der Waals surface area contributed by atoms with Gasteiger partial charge in [-0.3, -0.25) is 14.9 Å². The first-order chi connectivity index (χ1) is 15.5. The lowest BCUT2D eigenvalue weighted by molar-refractivity contribution is -0.384. The number of hydrogen-bond donors (Lipinski definition) is 1. The molecule has 1 heterocycles. The van der Waals surface area contributed by atoms with Crippen molar-refractivity contribution in [3.05, 3.63) is 87.7 Å². The van der Waals surface area contributed by atoms with Crippen LogP contribution in [0.4, 0.5) is 11.4 Å². The first-order valence-corrected chi connectivity index (χ1v) is 12.0. The number of anilines is 1. The van der Waals surface area contributed by atoms with Gasteiger partial charge in [0.15, 0.2) is 5.16 Å². The first kappa shape index (κ1) is 23.8. The number of aromatic nitrogens is 3. The van der Waals surface area contributed by atoms with Crippen molar-refractivity contribution in [3.63, 3.8) is 0 Å². The molecule has 8 nitrogen and oxygen atoms in total. The molecule has 2 aromatic carbocycles. The zero-order valence-corrected chi connectivity index (χ0v) is 19.3. The van der Waals surface area contributed by atoms with Gasteiger partial charge in [-0.2, -0.15) is 0 Å². The van der Waals surface area contributed by atoms with Gasteiger partial charge in [-0.15, -0.1) is 28.5 Å². The van der Waals surface area contributed by atoms with Crippen LogP contribution in [0.15, 0.2) is 66.3 Å². The monoisotopic (exact) mass is 489 g/mol. The molecule has 1 amide bonds. The fraction of sp³-hybridized carbons (Fsp3) is 0.190. The Morgan fingerprint density at radius 1 is 1.22 bits per heavy atom. The second-order valence-corrected chi connectivity index (χ2v) is 8.87. The van der Waals surface area contributed by atoms with E-state index in [0.717, 1.165) is 11.6 Å². The van der Waals surface area contributed by atoms with Crippen LogP contribution >= 0.6 is 35.1 Å². The standard InChI is InChI=1S/C21H20ClN5O3S2/c1-2-10-26-19(13-31-12-15-6-4-3-5-7-15)24-25-21(26)32-14-20(28)23-18-11-16(27(29)30)8-9-17(18)22/h2-9,11H,1,10,12-14H2,(H,23,28). The van der Waals surface area contributed by atoms with Crippen LogP contribution in [0.5, 0.6) is 0 Å². The van der Waals surface area contributed by atoms with Crippen molar-refractivity contribution in [2.45, 2.75) is 23.2 Å². The molecule has 32 heavy (non-hydrogen) atoms. The van der Waals surface area contributed by atoms with Crippen molar-refractivity contribution in [2.24, 2.45) is 0 Å². The van der Waals surface area contributed by atoms with Gasteiger partial charge in [-0.1, -0.05) is 59.8 Å². The Morgan fingerprint density at radius 3 is 2.72 bits per heavy atom. The summed E-state index contributed by atoms with van der Waals surface area (Å²) in [6.07, 6.45) is 1.75. The molecule has 3 rings (SSSR count). The van der Waals surface area contributed by atoms with E-state index in [4.69, 9.17) is 11.6 Å². The van der Waals surface area contributed by atoms with Crippen LogP contribution in [0.1, 0.15) is 11.4 Å². The van der Waals surface area contributed by atoms with Gasteiger partial charge in [0.2, 0.25) is 5.91 Å². The third-order valence-corrected chi connectivity index (χ3v) is 6.51. The quantitative estimate of drug-likeness (QED) is 0.171. The van der Waals surface area contributed by atoms with Crippen molar-refractivity contribution in [3.8, 4) is 0 Å². The number of benzene rings is 2. The molecular formula is C21H20ClN5O3S2. The molecule has 11 heteroatoms. The Balaban J connectivity index is 1.59. The number of thioether (sulfide) groups is 2. The molecule has 1 N–H and O–H groups in total. The average molecular weight is 490 g/mol. The Hall–Kier alpha value is -2.82. The summed E-state index contributed by atoms with van der Waals surface area (Å²) >= 11 is 8.99. The minimum absolute atomic E-state index is 0.0471. The van der Waals surface area contributed by atoms with Crippen LogP contribution in [0.3, 0.4) is 0 Å². The minimum atomic E-state index is -0.546. The van der Waals surface area contributed by atoms with Gasteiger partial charge in [-0.05, 0) is 11.6 Å². The molecule has 0 saturated carbocycles. The molecule has 0 spiro atoms. The lowest BCUT2D eigenvalue weighted by atomic mass is 10.2. The molecule has 0 fully saturated rings. The molecule has 3 aromatic rings. The second-order valence-electron chi connectivity index (χ2n) is 6.53. The van der Waals surface area contributed by atoms with Gasteiger partial charge < -0.3 is 9.88 Å². The molecule has 0 radical (unpaired) electrons. The number of rotatable bonds is 11. The predicted octanol–water partition coefficient (Wildman–Crippen LogP) is 5.19. The van der Waals surface area contributed by atoms with Gasteiger partial charge in [-0.25, -0.2) is 0 Å². The molecule has 0 atom stereocenters. The van der Waals surface area contributed by atoms with Gasteiger partial charge in [0, 0.05) is 24.4 Å². The summed E-state index contributed by atoms with van der Waals surface area (Å²) in [7, 11) is 0. The lowest BCUT2D eigenvalue weighted by Crippen LogP contribution is -2.15. The molecule has 0 aliphatic carbocycles. The molecule has 0 aliphatic heterocycles. The van der Waals surface area contributed by atoms with E-state index in [2.05, 4.69) is 34.2 Å². The SMILES string of the molecule is C=CCn1c(CSCc2ccccc2)nnc1SCC(=O)Nc1cc([N+](=O)[O-])ccc1Cl. The number of nitro groups is 1.